The number of aromatic nitrogens is 5. The minimum Gasteiger partial charge on any atom is -0.506 e. The Labute approximate surface area is 215 Å². The van der Waals surface area contributed by atoms with Crippen LogP contribution in [0, 0.1) is 0 Å². The number of halogens is 2. The summed E-state index contributed by atoms with van der Waals surface area (Å²) in [5, 5.41) is 10.2. The van der Waals surface area contributed by atoms with E-state index in [9.17, 15) is 18.7 Å². The molecule has 14 heteroatoms. The van der Waals surface area contributed by atoms with Crippen LogP contribution in [0.15, 0.2) is 41.0 Å². The average molecular weight is 527 g/mol. The molecule has 198 valence electrons. The zero-order chi connectivity index (χ0) is 26.2. The number of anilines is 2. The lowest BCUT2D eigenvalue weighted by molar-refractivity contribution is 0.0714. The van der Waals surface area contributed by atoms with E-state index in [-0.39, 0.29) is 34.4 Å². The maximum Gasteiger partial charge on any atom is 0.296 e. The van der Waals surface area contributed by atoms with Crippen molar-refractivity contribution in [2.75, 3.05) is 62.3 Å². The number of nitrogens with zero attached hydrogens (tertiary/aromatic N) is 8. The number of carbonyl (C=O) groups is 1. The van der Waals surface area contributed by atoms with Crippen LogP contribution in [0.5, 0.6) is 5.75 Å². The van der Waals surface area contributed by atoms with Crippen molar-refractivity contribution in [2.24, 2.45) is 0 Å². The molecule has 0 aliphatic carbocycles. The van der Waals surface area contributed by atoms with Crippen LogP contribution in [0.1, 0.15) is 22.8 Å². The second kappa shape index (κ2) is 9.85. The van der Waals surface area contributed by atoms with Gasteiger partial charge in [0, 0.05) is 39.3 Å². The number of para-hydroxylation sites is 1. The number of fused-ring (bicyclic) bond motifs is 1. The molecule has 2 aliphatic rings. The lowest BCUT2D eigenvalue weighted by Gasteiger charge is -2.35. The molecule has 6 rings (SSSR count). The predicted molar refractivity (Wildman–Crippen MR) is 131 cm³/mol. The van der Waals surface area contributed by atoms with Crippen LogP contribution in [-0.4, -0.2) is 92.9 Å². The number of amides is 1. The molecular weight excluding hydrogens is 502 g/mol. The fraction of sp³-hybridized carbons (Fsp3) is 0.375. The molecule has 0 saturated carbocycles. The normalized spacial score (nSPS) is 16.6. The molecule has 0 unspecified atom stereocenters. The molecule has 2 saturated heterocycles. The largest absolute Gasteiger partial charge is 0.506 e. The van der Waals surface area contributed by atoms with Crippen molar-refractivity contribution in [1.82, 2.24) is 29.4 Å². The Morgan fingerprint density at radius 2 is 1.55 bits per heavy atom. The molecule has 12 nitrogen and oxygen atoms in total. The Morgan fingerprint density at radius 3 is 2.21 bits per heavy atom. The number of hydrogen-bond acceptors (Lipinski definition) is 10. The van der Waals surface area contributed by atoms with Gasteiger partial charge in [-0.2, -0.15) is 15.0 Å². The average Bonchev–Trinajstić information content (AvgIpc) is 3.63. The Hall–Kier alpha value is -4.33. The van der Waals surface area contributed by atoms with Crippen molar-refractivity contribution in [3.63, 3.8) is 0 Å². The first kappa shape index (κ1) is 24.0. The number of ether oxygens (including phenoxy) is 1. The zero-order valence-corrected chi connectivity index (χ0v) is 20.2. The van der Waals surface area contributed by atoms with Gasteiger partial charge in [-0.05, 0) is 24.3 Å². The van der Waals surface area contributed by atoms with Gasteiger partial charge in [-0.1, -0.05) is 6.07 Å². The molecule has 1 N–H and O–H groups in total. The summed E-state index contributed by atoms with van der Waals surface area (Å²) in [5.74, 6) is -0.150. The number of morpholine rings is 1. The third-order valence-electron chi connectivity index (χ3n) is 6.56. The number of phenolic OH excluding ortho intramolecular Hbond substituents is 1. The topological polar surface area (TPSA) is 126 Å². The number of carbonyl (C=O) groups excluding carboxylic acids is 1. The van der Waals surface area contributed by atoms with Crippen LogP contribution in [0.25, 0.3) is 17.0 Å². The number of furan rings is 1. The van der Waals surface area contributed by atoms with E-state index in [4.69, 9.17) is 9.15 Å². The Balaban J connectivity index is 1.38. The molecule has 2 aliphatic heterocycles. The lowest BCUT2D eigenvalue weighted by Crippen LogP contribution is -2.49. The van der Waals surface area contributed by atoms with E-state index in [0.29, 0.717) is 64.4 Å². The van der Waals surface area contributed by atoms with Crippen molar-refractivity contribution in [3.05, 3.63) is 48.2 Å². The van der Waals surface area contributed by atoms with Gasteiger partial charge in [-0.3, -0.25) is 9.36 Å². The highest BCUT2D eigenvalue weighted by Crippen LogP contribution is 2.32. The number of alkyl halides is 2. The summed E-state index contributed by atoms with van der Waals surface area (Å²) in [7, 11) is 0. The molecule has 0 radical (unpaired) electrons. The molecular formula is C24H24F2N8O4. The van der Waals surface area contributed by atoms with Crippen molar-refractivity contribution in [3.8, 4) is 11.7 Å². The van der Waals surface area contributed by atoms with Gasteiger partial charge in [0.05, 0.1) is 25.0 Å². The Kier molecular flexibility index (Phi) is 6.23. The van der Waals surface area contributed by atoms with Gasteiger partial charge in [-0.25, -0.2) is 13.8 Å². The molecule has 4 aromatic rings. The van der Waals surface area contributed by atoms with E-state index in [0.717, 1.165) is 4.57 Å². The second-order valence-corrected chi connectivity index (χ2v) is 8.84. The number of phenols is 1. The van der Waals surface area contributed by atoms with Gasteiger partial charge in [0.1, 0.15) is 11.3 Å². The smallest absolute Gasteiger partial charge is 0.296 e. The van der Waals surface area contributed by atoms with Crippen LogP contribution in [-0.2, 0) is 4.74 Å². The summed E-state index contributed by atoms with van der Waals surface area (Å²) in [6.07, 6.45) is -1.49. The summed E-state index contributed by atoms with van der Waals surface area (Å²) in [4.78, 5) is 35.9. The van der Waals surface area contributed by atoms with Gasteiger partial charge in [0.2, 0.25) is 17.8 Å². The lowest BCUT2D eigenvalue weighted by atomic mass is 10.3. The van der Waals surface area contributed by atoms with Crippen LogP contribution in [0.2, 0.25) is 0 Å². The maximum atomic E-state index is 14.1. The highest BCUT2D eigenvalue weighted by atomic mass is 19.3. The van der Waals surface area contributed by atoms with E-state index in [1.165, 1.54) is 12.3 Å². The SMILES string of the molecule is O=C(c1ccco1)N1CCN(c2nc(N3CCOCC3)nc(-n3c(C(F)F)nc4c(O)cccc43)n2)CC1. The fourth-order valence-electron chi connectivity index (χ4n) is 4.61. The van der Waals surface area contributed by atoms with Gasteiger partial charge in [0.15, 0.2) is 11.6 Å². The van der Waals surface area contributed by atoms with Crippen LogP contribution < -0.4 is 9.80 Å². The quantitative estimate of drug-likeness (QED) is 0.414. The van der Waals surface area contributed by atoms with Gasteiger partial charge >= 0.3 is 0 Å². The number of rotatable bonds is 5. The summed E-state index contributed by atoms with van der Waals surface area (Å²) >= 11 is 0. The number of piperazine rings is 1. The molecule has 2 fully saturated rings. The van der Waals surface area contributed by atoms with Crippen LogP contribution in [0.4, 0.5) is 20.7 Å². The monoisotopic (exact) mass is 526 g/mol. The van der Waals surface area contributed by atoms with E-state index in [1.807, 2.05) is 9.80 Å². The first-order valence-electron chi connectivity index (χ1n) is 12.1. The van der Waals surface area contributed by atoms with E-state index < -0.39 is 12.2 Å². The summed E-state index contributed by atoms with van der Waals surface area (Å²) in [6, 6.07) is 7.79. The molecule has 1 aromatic carbocycles. The first-order chi connectivity index (χ1) is 18.5. The number of hydrogen-bond donors (Lipinski definition) is 1. The minimum absolute atomic E-state index is 0.0303. The van der Waals surface area contributed by atoms with E-state index in [2.05, 4.69) is 19.9 Å². The summed E-state index contributed by atoms with van der Waals surface area (Å²) in [5.41, 5.74) is 0.280. The van der Waals surface area contributed by atoms with Crippen LogP contribution in [0.3, 0.4) is 0 Å². The third kappa shape index (κ3) is 4.36. The molecule has 38 heavy (non-hydrogen) atoms. The Bertz CT molecular complexity index is 1450. The molecule has 1 amide bonds. The molecule has 5 heterocycles. The maximum absolute atomic E-state index is 14.1. The van der Waals surface area contributed by atoms with Crippen molar-refractivity contribution in [2.45, 2.75) is 6.43 Å². The molecule has 0 spiro atoms. The number of aromatic hydroxyl groups is 1. The molecule has 0 atom stereocenters. The number of benzene rings is 1. The zero-order valence-electron chi connectivity index (χ0n) is 20.2. The fourth-order valence-corrected chi connectivity index (χ4v) is 4.61. The molecule has 0 bridgehead atoms. The molecule has 3 aromatic heterocycles. The first-order valence-corrected chi connectivity index (χ1v) is 12.1. The van der Waals surface area contributed by atoms with Gasteiger partial charge in [-0.15, -0.1) is 0 Å². The van der Waals surface area contributed by atoms with Crippen LogP contribution >= 0.6 is 0 Å². The van der Waals surface area contributed by atoms with Crippen molar-refractivity contribution >= 4 is 28.8 Å². The second-order valence-electron chi connectivity index (χ2n) is 8.84. The van der Waals surface area contributed by atoms with E-state index in [1.54, 1.807) is 29.2 Å². The minimum atomic E-state index is -2.94. The predicted octanol–water partition coefficient (Wildman–Crippen LogP) is 2.25. The van der Waals surface area contributed by atoms with E-state index >= 15 is 0 Å². The summed E-state index contributed by atoms with van der Waals surface area (Å²) in [6.45, 7) is 3.66. The summed E-state index contributed by atoms with van der Waals surface area (Å²) < 4.78 is 40.1. The third-order valence-corrected chi connectivity index (χ3v) is 6.56. The van der Waals surface area contributed by atoms with Crippen molar-refractivity contribution < 1.29 is 27.8 Å². The van der Waals surface area contributed by atoms with Crippen molar-refractivity contribution in [1.29, 1.82) is 0 Å². The van der Waals surface area contributed by atoms with Gasteiger partial charge < -0.3 is 29.0 Å². The number of imidazole rings is 1. The highest BCUT2D eigenvalue weighted by molar-refractivity contribution is 5.91. The van der Waals surface area contributed by atoms with Gasteiger partial charge in [0.25, 0.3) is 12.3 Å². The highest BCUT2D eigenvalue weighted by Gasteiger charge is 2.29. The Morgan fingerprint density at radius 1 is 0.868 bits per heavy atom. The standard InChI is InChI=1S/C24H24F2N8O4/c25-19(26)20-27-18-15(3-1-4-16(18)35)34(20)24-29-22(28-23(30-24)33-10-13-37-14-11-33)32-8-6-31(7-9-32)21(36)17-5-2-12-38-17/h1-5,12,19,35H,6-11,13-14H2.